The third-order valence-electron chi connectivity index (χ3n) is 2.92. The highest BCUT2D eigenvalue weighted by atomic mass is 32.1. The highest BCUT2D eigenvalue weighted by Gasteiger charge is 2.08. The molecule has 1 atom stereocenters. The lowest BCUT2D eigenvalue weighted by Crippen LogP contribution is -2.16. The summed E-state index contributed by atoms with van der Waals surface area (Å²) in [5.74, 6) is 0.778. The van der Waals surface area contributed by atoms with E-state index in [1.807, 2.05) is 6.92 Å². The van der Waals surface area contributed by atoms with Crippen LogP contribution < -0.4 is 0 Å². The van der Waals surface area contributed by atoms with Crippen LogP contribution in [-0.2, 0) is 19.6 Å². The number of methoxy groups -OCH3 is 1. The van der Waals surface area contributed by atoms with E-state index < -0.39 is 0 Å². The van der Waals surface area contributed by atoms with Crippen LogP contribution in [0.3, 0.4) is 0 Å². The van der Waals surface area contributed by atoms with Crippen molar-refractivity contribution in [1.82, 2.24) is 0 Å². The van der Waals surface area contributed by atoms with Crippen molar-refractivity contribution in [2.75, 3.05) is 19.5 Å². The zero-order valence-electron chi connectivity index (χ0n) is 14.7. The van der Waals surface area contributed by atoms with Crippen molar-refractivity contribution < 1.29 is 19.6 Å². The van der Waals surface area contributed by atoms with E-state index in [9.17, 15) is 0 Å². The first-order valence-electron chi connectivity index (χ1n) is 8.46. The molecule has 22 heavy (non-hydrogen) atoms. The van der Waals surface area contributed by atoms with E-state index in [1.54, 1.807) is 13.2 Å². The fourth-order valence-corrected chi connectivity index (χ4v) is 1.66. The van der Waals surface area contributed by atoms with Gasteiger partial charge in [-0.25, -0.2) is 4.89 Å². The molecule has 0 heterocycles. The van der Waals surface area contributed by atoms with Crippen molar-refractivity contribution in [3.8, 4) is 0 Å². The van der Waals surface area contributed by atoms with Gasteiger partial charge in [0.15, 0.2) is 6.29 Å². The van der Waals surface area contributed by atoms with Gasteiger partial charge in [-0.05, 0) is 12.8 Å². The van der Waals surface area contributed by atoms with Crippen molar-refractivity contribution in [3.63, 3.8) is 0 Å². The molecule has 0 aromatic rings. The summed E-state index contributed by atoms with van der Waals surface area (Å²) in [4.78, 5) is 9.78. The van der Waals surface area contributed by atoms with Crippen LogP contribution in [0.4, 0.5) is 0 Å². The first-order valence-corrected chi connectivity index (χ1v) is 9.09. The molecular weight excluding hydrogens is 300 g/mol. The molecule has 0 radical (unpaired) electrons. The summed E-state index contributed by atoms with van der Waals surface area (Å²) in [7, 11) is 1.62. The Hall–Kier alpha value is -0.0700. The van der Waals surface area contributed by atoms with Crippen LogP contribution in [0.5, 0.6) is 0 Å². The standard InChI is InChI=1S/C14H30O4.C3H6S/c1-4-6-7-8-9-10-11-12-14(15-3)17-18-16-13-5-2;1-2-3-4/h14H,4-13H2,1-3H3;2,4H,1,3H2. The van der Waals surface area contributed by atoms with Gasteiger partial charge in [0.25, 0.3) is 0 Å². The zero-order chi connectivity index (χ0) is 16.9. The largest absolute Gasteiger partial charge is 0.353 e. The SMILES string of the molecule is C=CCS.CCCCCCCCCC(OC)OOOCCC. The number of thiol groups is 1. The number of hydrogen-bond donors (Lipinski definition) is 1. The molecule has 0 aromatic heterocycles. The van der Waals surface area contributed by atoms with Crippen LogP contribution >= 0.6 is 12.6 Å². The molecule has 5 heteroatoms. The highest BCUT2D eigenvalue weighted by molar-refractivity contribution is 7.80. The van der Waals surface area contributed by atoms with E-state index in [0.29, 0.717) is 6.61 Å². The smallest absolute Gasteiger partial charge is 0.194 e. The molecule has 0 aliphatic carbocycles. The van der Waals surface area contributed by atoms with Gasteiger partial charge in [0.2, 0.25) is 0 Å². The van der Waals surface area contributed by atoms with Gasteiger partial charge in [-0.1, -0.05) is 63.5 Å². The molecule has 0 spiro atoms. The van der Waals surface area contributed by atoms with Gasteiger partial charge in [-0.2, -0.15) is 17.5 Å². The predicted molar refractivity (Wildman–Crippen MR) is 95.9 cm³/mol. The second kappa shape index (κ2) is 23.2. The van der Waals surface area contributed by atoms with Gasteiger partial charge in [0, 0.05) is 19.3 Å². The predicted octanol–water partition coefficient (Wildman–Crippen LogP) is 5.49. The van der Waals surface area contributed by atoms with Gasteiger partial charge in [0.1, 0.15) is 0 Å². The lowest BCUT2D eigenvalue weighted by Gasteiger charge is -2.13. The van der Waals surface area contributed by atoms with E-state index in [2.05, 4.69) is 31.2 Å². The van der Waals surface area contributed by atoms with Gasteiger partial charge in [-0.3, -0.25) is 0 Å². The maximum atomic E-state index is 5.15. The Bertz CT molecular complexity index is 203. The summed E-state index contributed by atoms with van der Waals surface area (Å²) in [6.07, 6.45) is 12.1. The van der Waals surface area contributed by atoms with Gasteiger partial charge >= 0.3 is 0 Å². The van der Waals surface area contributed by atoms with Crippen LogP contribution in [0.25, 0.3) is 0 Å². The van der Waals surface area contributed by atoms with Gasteiger partial charge < -0.3 is 4.74 Å². The Morgan fingerprint density at radius 1 is 1.00 bits per heavy atom. The lowest BCUT2D eigenvalue weighted by atomic mass is 10.1. The molecular formula is C17H36O4S. The molecule has 0 aromatic carbocycles. The van der Waals surface area contributed by atoms with Crippen LogP contribution in [0.2, 0.25) is 0 Å². The maximum Gasteiger partial charge on any atom is 0.194 e. The number of hydrogen-bond acceptors (Lipinski definition) is 5. The Labute approximate surface area is 142 Å². The Kier molecular flexibility index (Phi) is 25.5. The zero-order valence-corrected chi connectivity index (χ0v) is 15.6. The van der Waals surface area contributed by atoms with Crippen LogP contribution in [0.15, 0.2) is 12.7 Å². The summed E-state index contributed by atoms with van der Waals surface area (Å²) in [6, 6.07) is 0. The lowest BCUT2D eigenvalue weighted by molar-refractivity contribution is -0.546. The molecule has 0 aliphatic heterocycles. The molecule has 0 N–H and O–H groups in total. The number of rotatable bonds is 15. The van der Waals surface area contributed by atoms with Crippen molar-refractivity contribution >= 4 is 12.6 Å². The minimum absolute atomic E-state index is 0.322. The van der Waals surface area contributed by atoms with Crippen molar-refractivity contribution in [3.05, 3.63) is 12.7 Å². The molecule has 0 amide bonds. The summed E-state index contributed by atoms with van der Waals surface area (Å²) in [5, 5.41) is 4.61. The molecule has 0 saturated heterocycles. The Morgan fingerprint density at radius 2 is 1.59 bits per heavy atom. The third-order valence-corrected chi connectivity index (χ3v) is 3.18. The van der Waals surface area contributed by atoms with E-state index in [-0.39, 0.29) is 6.29 Å². The van der Waals surface area contributed by atoms with E-state index in [0.717, 1.165) is 25.0 Å². The second-order valence-electron chi connectivity index (χ2n) is 5.03. The fraction of sp³-hybridized carbons (Fsp3) is 0.882. The first-order chi connectivity index (χ1) is 10.8. The topological polar surface area (TPSA) is 36.9 Å². The number of ether oxygens (including phenoxy) is 1. The second-order valence-corrected chi connectivity index (χ2v) is 5.40. The molecule has 4 nitrogen and oxygen atoms in total. The van der Waals surface area contributed by atoms with Crippen molar-refractivity contribution in [1.29, 1.82) is 0 Å². The maximum absolute atomic E-state index is 5.15. The van der Waals surface area contributed by atoms with E-state index in [1.165, 1.54) is 38.5 Å². The van der Waals surface area contributed by atoms with Crippen LogP contribution in [0.1, 0.15) is 71.6 Å². The molecule has 0 saturated carbocycles. The monoisotopic (exact) mass is 336 g/mol. The summed E-state index contributed by atoms with van der Waals surface area (Å²) < 4.78 is 5.15. The molecule has 0 bridgehead atoms. The Morgan fingerprint density at radius 3 is 2.09 bits per heavy atom. The Balaban J connectivity index is 0. The van der Waals surface area contributed by atoms with Gasteiger partial charge in [0.05, 0.1) is 6.61 Å². The minimum Gasteiger partial charge on any atom is -0.353 e. The fourth-order valence-electron chi connectivity index (χ4n) is 1.66. The highest BCUT2D eigenvalue weighted by Crippen LogP contribution is 2.11. The third kappa shape index (κ3) is 22.2. The average molecular weight is 337 g/mol. The van der Waals surface area contributed by atoms with Gasteiger partial charge in [-0.15, -0.1) is 6.58 Å². The van der Waals surface area contributed by atoms with E-state index in [4.69, 9.17) is 14.5 Å². The van der Waals surface area contributed by atoms with Crippen molar-refractivity contribution in [2.45, 2.75) is 77.9 Å². The van der Waals surface area contributed by atoms with Crippen LogP contribution in [-0.4, -0.2) is 25.8 Å². The number of unbranched alkanes of at least 4 members (excludes halogenated alkanes) is 6. The molecule has 1 unspecified atom stereocenters. The normalized spacial score (nSPS) is 11.6. The summed E-state index contributed by atoms with van der Waals surface area (Å²) in [6.45, 7) is 8.19. The quantitative estimate of drug-likeness (QED) is 0.107. The first kappa shape index (κ1) is 24.2. The van der Waals surface area contributed by atoms with E-state index >= 15 is 0 Å². The minimum atomic E-state index is -0.322. The average Bonchev–Trinajstić information content (AvgIpc) is 2.56. The summed E-state index contributed by atoms with van der Waals surface area (Å²) in [5.41, 5.74) is 0. The molecule has 0 rings (SSSR count). The van der Waals surface area contributed by atoms with Crippen LogP contribution in [0, 0.1) is 0 Å². The molecule has 134 valence electrons. The summed E-state index contributed by atoms with van der Waals surface area (Å²) >= 11 is 3.80. The van der Waals surface area contributed by atoms with Crippen molar-refractivity contribution in [2.24, 2.45) is 0 Å². The molecule has 0 aliphatic rings. The molecule has 0 fully saturated rings.